The number of rotatable bonds is 2. The summed E-state index contributed by atoms with van der Waals surface area (Å²) in [5, 5.41) is 12.9. The Morgan fingerprint density at radius 2 is 1.67 bits per heavy atom. The number of nitrogens with zero attached hydrogens (tertiary/aromatic N) is 5. The number of thiophene rings is 1. The Labute approximate surface area is 232 Å². The fraction of sp³-hybridized carbons (Fsp3) is 0.0968. The Hall–Kier alpha value is -4.51. The number of hydrogen-bond donors (Lipinski definition) is 0. The molecule has 0 bridgehead atoms. The fourth-order valence-corrected chi connectivity index (χ4v) is 6.46. The van der Waals surface area contributed by atoms with Gasteiger partial charge in [0, 0.05) is 26.9 Å². The largest absolute Gasteiger partial charge is 0.296 e. The van der Waals surface area contributed by atoms with Crippen molar-refractivity contribution >= 4 is 50.3 Å². The summed E-state index contributed by atoms with van der Waals surface area (Å²) in [6.45, 7) is 2.61. The number of aliphatic imine (C=N–C) groups is 1. The highest BCUT2D eigenvalue weighted by atomic mass is 35.5. The molecule has 8 heteroatoms. The lowest BCUT2D eigenvalue weighted by Crippen LogP contribution is -2.20. The van der Waals surface area contributed by atoms with Crippen molar-refractivity contribution in [3.8, 4) is 16.8 Å². The molecule has 0 fully saturated rings. The van der Waals surface area contributed by atoms with Gasteiger partial charge in [-0.2, -0.15) is 0 Å². The first-order chi connectivity index (χ1) is 19.1. The molecule has 7 rings (SSSR count). The van der Waals surface area contributed by atoms with Crippen LogP contribution in [0.2, 0.25) is 5.02 Å². The lowest BCUT2D eigenvalue weighted by atomic mass is 10.0. The van der Waals surface area contributed by atoms with Gasteiger partial charge in [-0.3, -0.25) is 18.9 Å². The molecule has 3 aromatic carbocycles. The van der Waals surface area contributed by atoms with E-state index in [0.717, 1.165) is 54.7 Å². The Morgan fingerprint density at radius 3 is 2.51 bits per heavy atom. The summed E-state index contributed by atoms with van der Waals surface area (Å²) in [6, 6.07) is 25.4. The number of halogens is 1. The number of pyridine rings is 1. The van der Waals surface area contributed by atoms with Crippen LogP contribution >= 0.6 is 22.9 Å². The van der Waals surface area contributed by atoms with E-state index in [1.54, 1.807) is 15.9 Å². The molecule has 4 heterocycles. The zero-order valence-electron chi connectivity index (χ0n) is 20.9. The van der Waals surface area contributed by atoms with Crippen LogP contribution in [0, 0.1) is 18.8 Å². The highest BCUT2D eigenvalue weighted by molar-refractivity contribution is 7.15. The van der Waals surface area contributed by atoms with Crippen LogP contribution in [0.1, 0.15) is 27.7 Å². The third-order valence-electron chi connectivity index (χ3n) is 6.91. The first-order valence-corrected chi connectivity index (χ1v) is 13.6. The van der Waals surface area contributed by atoms with E-state index in [0.29, 0.717) is 17.0 Å². The van der Waals surface area contributed by atoms with Gasteiger partial charge in [0.05, 0.1) is 22.7 Å². The number of benzene rings is 3. The predicted octanol–water partition coefficient (Wildman–Crippen LogP) is 6.16. The zero-order valence-corrected chi connectivity index (χ0v) is 22.4. The first-order valence-electron chi connectivity index (χ1n) is 12.4. The highest BCUT2D eigenvalue weighted by Crippen LogP contribution is 2.34. The van der Waals surface area contributed by atoms with Gasteiger partial charge in [0.15, 0.2) is 5.82 Å². The van der Waals surface area contributed by atoms with Crippen molar-refractivity contribution in [2.24, 2.45) is 4.99 Å². The van der Waals surface area contributed by atoms with Gasteiger partial charge >= 0.3 is 0 Å². The van der Waals surface area contributed by atoms with Crippen molar-refractivity contribution in [1.82, 2.24) is 19.3 Å². The second-order valence-electron chi connectivity index (χ2n) is 9.23. The van der Waals surface area contributed by atoms with Crippen molar-refractivity contribution in [3.63, 3.8) is 0 Å². The Morgan fingerprint density at radius 1 is 0.923 bits per heavy atom. The number of aromatic nitrogens is 4. The van der Waals surface area contributed by atoms with Crippen molar-refractivity contribution < 1.29 is 0 Å². The SMILES string of the molecule is [14CH3]c1nnc2n1-c1sc(C#CCn3c(=O)c4ccccc4c4ccccc43)cc1C(c1ccccc1Cl)=NC2. The van der Waals surface area contributed by atoms with E-state index in [4.69, 9.17) is 16.6 Å². The van der Waals surface area contributed by atoms with Gasteiger partial charge in [-0.25, -0.2) is 0 Å². The van der Waals surface area contributed by atoms with E-state index in [9.17, 15) is 4.79 Å². The van der Waals surface area contributed by atoms with Gasteiger partial charge in [0.25, 0.3) is 5.56 Å². The average molecular weight is 548 g/mol. The third kappa shape index (κ3) is 3.88. The summed E-state index contributed by atoms with van der Waals surface area (Å²) < 4.78 is 3.79. The first kappa shape index (κ1) is 23.6. The lowest BCUT2D eigenvalue weighted by Gasteiger charge is -2.10. The minimum absolute atomic E-state index is 0.0431. The monoisotopic (exact) mass is 547 g/mol. The maximum absolute atomic E-state index is 13.4. The smallest absolute Gasteiger partial charge is 0.259 e. The molecule has 0 unspecified atom stereocenters. The van der Waals surface area contributed by atoms with Crippen LogP contribution in [0.5, 0.6) is 0 Å². The molecule has 6 aromatic rings. The molecule has 0 saturated heterocycles. The summed E-state index contributed by atoms with van der Waals surface area (Å²) in [5.41, 5.74) is 3.44. The molecule has 6 nitrogen and oxygen atoms in total. The van der Waals surface area contributed by atoms with E-state index < -0.39 is 0 Å². The van der Waals surface area contributed by atoms with Crippen molar-refractivity contribution in [1.29, 1.82) is 0 Å². The maximum atomic E-state index is 13.4. The summed E-state index contributed by atoms with van der Waals surface area (Å²) in [5.74, 6) is 8.12. The lowest BCUT2D eigenvalue weighted by molar-refractivity contribution is 0.845. The number of para-hydroxylation sites is 1. The highest BCUT2D eigenvalue weighted by Gasteiger charge is 2.25. The standard InChI is InChI=1S/C31H20ClN5OS/c1-19-34-35-28-18-33-29(24-13-4-6-14-26(24)32)25-17-20(39-31(25)37(19)28)9-8-16-36-27-15-7-5-11-22(27)21-10-2-3-12-23(21)30(36)38/h2-7,10-15,17H,16,18H2,1H3/i1+2. The van der Waals surface area contributed by atoms with Crippen LogP contribution < -0.4 is 5.56 Å². The summed E-state index contributed by atoms with van der Waals surface area (Å²) in [6.07, 6.45) is 0. The number of aryl methyl sites for hydroxylation is 1. The van der Waals surface area contributed by atoms with E-state index in [1.165, 1.54) is 0 Å². The molecular formula is C31H20ClN5OS. The minimum atomic E-state index is -0.0431. The maximum Gasteiger partial charge on any atom is 0.259 e. The van der Waals surface area contributed by atoms with Gasteiger partial charge in [0.1, 0.15) is 17.4 Å². The summed E-state index contributed by atoms with van der Waals surface area (Å²) in [4.78, 5) is 19.2. The molecule has 0 radical (unpaired) electrons. The van der Waals surface area contributed by atoms with Crippen molar-refractivity contribution in [2.45, 2.75) is 20.0 Å². The van der Waals surface area contributed by atoms with Crippen LogP contribution in [0.3, 0.4) is 0 Å². The molecule has 0 N–H and O–H groups in total. The van der Waals surface area contributed by atoms with Gasteiger partial charge in [-0.05, 0) is 36.6 Å². The van der Waals surface area contributed by atoms with Crippen molar-refractivity contribution in [3.05, 3.63) is 122 Å². The normalized spacial score (nSPS) is 12.4. The van der Waals surface area contributed by atoms with E-state index >= 15 is 0 Å². The van der Waals surface area contributed by atoms with Gasteiger partial charge in [-0.1, -0.05) is 78.0 Å². The van der Waals surface area contributed by atoms with Crippen molar-refractivity contribution in [2.75, 3.05) is 0 Å². The molecular weight excluding hydrogens is 528 g/mol. The molecule has 0 amide bonds. The second kappa shape index (κ2) is 9.35. The zero-order chi connectivity index (χ0) is 26.5. The summed E-state index contributed by atoms with van der Waals surface area (Å²) in [7, 11) is 0. The number of fused-ring (bicyclic) bond motifs is 6. The molecule has 0 atom stereocenters. The average Bonchev–Trinajstić information content (AvgIpc) is 3.50. The van der Waals surface area contributed by atoms with Crippen LogP contribution in [0.4, 0.5) is 0 Å². The third-order valence-corrected chi connectivity index (χ3v) is 8.27. The Balaban J connectivity index is 1.34. The van der Waals surface area contributed by atoms with E-state index in [1.807, 2.05) is 90.4 Å². The molecule has 0 spiro atoms. The van der Waals surface area contributed by atoms with Gasteiger partial charge < -0.3 is 0 Å². The second-order valence-corrected chi connectivity index (χ2v) is 10.7. The molecule has 188 valence electrons. The summed E-state index contributed by atoms with van der Waals surface area (Å²) >= 11 is 8.14. The Kier molecular flexibility index (Phi) is 5.66. The topological polar surface area (TPSA) is 65.1 Å². The molecule has 3 aromatic heterocycles. The Bertz CT molecular complexity index is 2090. The molecule has 1 aliphatic rings. The molecule has 0 aliphatic carbocycles. The molecule has 39 heavy (non-hydrogen) atoms. The number of hydrogen-bond acceptors (Lipinski definition) is 5. The van der Waals surface area contributed by atoms with E-state index in [-0.39, 0.29) is 12.1 Å². The molecule has 1 aliphatic heterocycles. The molecule has 0 saturated carbocycles. The fourth-order valence-electron chi connectivity index (χ4n) is 5.13. The van der Waals surface area contributed by atoms with E-state index in [2.05, 4.69) is 22.0 Å². The van der Waals surface area contributed by atoms with Crippen LogP contribution in [0.25, 0.3) is 26.7 Å². The quantitative estimate of drug-likeness (QED) is 0.193. The van der Waals surface area contributed by atoms with Crippen LogP contribution in [0.15, 0.2) is 88.6 Å². The predicted molar refractivity (Wildman–Crippen MR) is 157 cm³/mol. The van der Waals surface area contributed by atoms with Gasteiger partial charge in [-0.15, -0.1) is 21.5 Å². The minimum Gasteiger partial charge on any atom is -0.296 e. The van der Waals surface area contributed by atoms with Gasteiger partial charge in [0.2, 0.25) is 0 Å². The van der Waals surface area contributed by atoms with Crippen LogP contribution in [-0.2, 0) is 13.1 Å². The van der Waals surface area contributed by atoms with Crippen LogP contribution in [-0.4, -0.2) is 25.0 Å².